The van der Waals surface area contributed by atoms with Crippen LogP contribution in [0.2, 0.25) is 5.02 Å². The number of carbonyl (C=O) groups excluding carboxylic acids is 2. The summed E-state index contributed by atoms with van der Waals surface area (Å²) >= 11 is 6.06. The number of benzene rings is 2. The predicted octanol–water partition coefficient (Wildman–Crippen LogP) is 4.86. The molecule has 1 heterocycles. The predicted molar refractivity (Wildman–Crippen MR) is 109 cm³/mol. The summed E-state index contributed by atoms with van der Waals surface area (Å²) in [5.74, 6) is -0.398. The lowest BCUT2D eigenvalue weighted by molar-refractivity contribution is -0.115. The number of halogens is 1. The van der Waals surface area contributed by atoms with Crippen LogP contribution in [0.3, 0.4) is 0 Å². The van der Waals surface area contributed by atoms with Crippen LogP contribution in [0.1, 0.15) is 33.7 Å². The van der Waals surface area contributed by atoms with Gasteiger partial charge >= 0.3 is 0 Å². The largest absolute Gasteiger partial charge is 0.459 e. The molecule has 1 aliphatic carbocycles. The van der Waals surface area contributed by atoms with E-state index < -0.39 is 5.91 Å². The highest BCUT2D eigenvalue weighted by molar-refractivity contribution is 6.31. The van der Waals surface area contributed by atoms with Crippen molar-refractivity contribution in [2.45, 2.75) is 25.7 Å². The maximum Gasteiger partial charge on any atom is 0.291 e. The molecule has 2 aromatic carbocycles. The van der Waals surface area contributed by atoms with Crippen molar-refractivity contribution in [2.24, 2.45) is 0 Å². The number of hydrogen-bond donors (Lipinski definition) is 2. The van der Waals surface area contributed by atoms with Gasteiger partial charge in [-0.25, -0.2) is 0 Å². The van der Waals surface area contributed by atoms with Crippen LogP contribution in [0.25, 0.3) is 0 Å². The second kappa shape index (κ2) is 7.90. The van der Waals surface area contributed by atoms with Gasteiger partial charge in [0.15, 0.2) is 5.76 Å². The van der Waals surface area contributed by atoms with Crippen LogP contribution in [0.4, 0.5) is 11.4 Å². The van der Waals surface area contributed by atoms with Gasteiger partial charge < -0.3 is 15.1 Å². The molecule has 28 heavy (non-hydrogen) atoms. The number of carbonyl (C=O) groups is 2. The third-order valence-electron chi connectivity index (χ3n) is 4.78. The Bertz CT molecular complexity index is 1030. The first-order valence-electron chi connectivity index (χ1n) is 9.13. The Hall–Kier alpha value is -3.05. The summed E-state index contributed by atoms with van der Waals surface area (Å²) in [6.07, 6.45) is 5.05. The first-order valence-corrected chi connectivity index (χ1v) is 9.51. The van der Waals surface area contributed by atoms with Crippen LogP contribution < -0.4 is 10.6 Å². The zero-order chi connectivity index (χ0) is 19.5. The number of fused-ring (bicyclic) bond motifs is 1. The zero-order valence-corrected chi connectivity index (χ0v) is 15.9. The maximum atomic E-state index is 12.6. The highest BCUT2D eigenvalue weighted by Crippen LogP contribution is 2.27. The number of furan rings is 1. The van der Waals surface area contributed by atoms with Gasteiger partial charge in [-0.1, -0.05) is 29.8 Å². The molecule has 0 radical (unpaired) electrons. The second-order valence-electron chi connectivity index (χ2n) is 6.80. The Morgan fingerprint density at radius 2 is 1.82 bits per heavy atom. The van der Waals surface area contributed by atoms with E-state index in [9.17, 15) is 9.59 Å². The molecule has 1 aromatic heterocycles. The minimum Gasteiger partial charge on any atom is -0.459 e. The van der Waals surface area contributed by atoms with Crippen molar-refractivity contribution in [3.8, 4) is 0 Å². The average molecular weight is 395 g/mol. The van der Waals surface area contributed by atoms with Crippen molar-refractivity contribution < 1.29 is 14.0 Å². The molecule has 5 nitrogen and oxygen atoms in total. The van der Waals surface area contributed by atoms with E-state index in [1.54, 1.807) is 30.3 Å². The zero-order valence-electron chi connectivity index (χ0n) is 15.1. The van der Waals surface area contributed by atoms with Crippen LogP contribution >= 0.6 is 11.6 Å². The molecule has 2 N–H and O–H groups in total. The standard InChI is InChI=1S/C22H19ClN2O3/c23-17-8-9-18(19(13-17)25-22(27)20-5-2-10-28-20)24-21(26)12-14-6-7-15-3-1-4-16(15)11-14/h2,5-11,13H,1,3-4,12H2,(H,24,26)(H,25,27). The van der Waals surface area contributed by atoms with Crippen LogP contribution in [0.5, 0.6) is 0 Å². The number of anilines is 2. The molecular weight excluding hydrogens is 376 g/mol. The normalized spacial score (nSPS) is 12.5. The SMILES string of the molecule is O=C(Cc1ccc2c(c1)CCC2)Nc1ccc(Cl)cc1NC(=O)c1ccco1. The number of amides is 2. The molecule has 0 saturated heterocycles. The highest BCUT2D eigenvalue weighted by atomic mass is 35.5. The van der Waals surface area contributed by atoms with Gasteiger partial charge in [-0.05, 0) is 66.3 Å². The lowest BCUT2D eigenvalue weighted by Crippen LogP contribution is -2.18. The third kappa shape index (κ3) is 4.10. The third-order valence-corrected chi connectivity index (χ3v) is 5.01. The van der Waals surface area contributed by atoms with Gasteiger partial charge in [0, 0.05) is 5.02 Å². The summed E-state index contributed by atoms with van der Waals surface area (Å²) in [6, 6.07) is 14.3. The fourth-order valence-electron chi connectivity index (χ4n) is 3.44. The molecule has 0 unspecified atom stereocenters. The molecule has 1 aliphatic rings. The van der Waals surface area contributed by atoms with Crippen LogP contribution in [-0.4, -0.2) is 11.8 Å². The summed E-state index contributed by atoms with van der Waals surface area (Å²) in [6.45, 7) is 0. The second-order valence-corrected chi connectivity index (χ2v) is 7.24. The summed E-state index contributed by atoms with van der Waals surface area (Å²) in [4.78, 5) is 24.8. The molecule has 3 aromatic rings. The minimum absolute atomic E-state index is 0.159. The molecule has 6 heteroatoms. The first-order chi connectivity index (χ1) is 13.6. The molecule has 0 aliphatic heterocycles. The van der Waals surface area contributed by atoms with E-state index in [1.807, 2.05) is 6.07 Å². The average Bonchev–Trinajstić information content (AvgIpc) is 3.35. The van der Waals surface area contributed by atoms with Gasteiger partial charge in [0.25, 0.3) is 5.91 Å². The molecule has 0 spiro atoms. The van der Waals surface area contributed by atoms with E-state index in [4.69, 9.17) is 16.0 Å². The summed E-state index contributed by atoms with van der Waals surface area (Å²) in [5.41, 5.74) is 4.59. The molecule has 0 bridgehead atoms. The van der Waals surface area contributed by atoms with Crippen molar-refractivity contribution in [1.29, 1.82) is 0 Å². The molecule has 142 valence electrons. The molecule has 0 atom stereocenters. The Balaban J connectivity index is 1.48. The number of rotatable bonds is 5. The number of nitrogens with one attached hydrogen (secondary N) is 2. The summed E-state index contributed by atoms with van der Waals surface area (Å²) in [7, 11) is 0. The quantitative estimate of drug-likeness (QED) is 0.649. The van der Waals surface area contributed by atoms with Gasteiger partial charge in [0.05, 0.1) is 24.1 Å². The van der Waals surface area contributed by atoms with E-state index in [1.165, 1.54) is 23.8 Å². The van der Waals surface area contributed by atoms with Crippen molar-refractivity contribution in [2.75, 3.05) is 10.6 Å². The van der Waals surface area contributed by atoms with E-state index in [0.717, 1.165) is 18.4 Å². The minimum atomic E-state index is -0.415. The van der Waals surface area contributed by atoms with Gasteiger partial charge in [-0.2, -0.15) is 0 Å². The molecule has 0 saturated carbocycles. The smallest absolute Gasteiger partial charge is 0.291 e. The number of aryl methyl sites for hydroxylation is 2. The van der Waals surface area contributed by atoms with Crippen molar-refractivity contribution >= 4 is 34.8 Å². The van der Waals surface area contributed by atoms with Crippen LogP contribution in [-0.2, 0) is 24.1 Å². The lowest BCUT2D eigenvalue weighted by atomic mass is 10.0. The Labute approximate surface area is 167 Å². The molecule has 0 fully saturated rings. The maximum absolute atomic E-state index is 12.6. The Morgan fingerprint density at radius 3 is 2.64 bits per heavy atom. The monoisotopic (exact) mass is 394 g/mol. The lowest BCUT2D eigenvalue weighted by Gasteiger charge is -2.13. The fourth-order valence-corrected chi connectivity index (χ4v) is 3.61. The molecule has 4 rings (SSSR count). The fraction of sp³-hybridized carbons (Fsp3) is 0.182. The Kier molecular flexibility index (Phi) is 5.17. The number of hydrogen-bond acceptors (Lipinski definition) is 3. The first kappa shape index (κ1) is 18.3. The summed E-state index contributed by atoms with van der Waals surface area (Å²) in [5, 5.41) is 6.04. The van der Waals surface area contributed by atoms with Crippen molar-refractivity contribution in [1.82, 2.24) is 0 Å². The molecular formula is C22H19ClN2O3. The van der Waals surface area contributed by atoms with E-state index >= 15 is 0 Å². The van der Waals surface area contributed by atoms with Crippen molar-refractivity contribution in [3.05, 3.63) is 82.3 Å². The van der Waals surface area contributed by atoms with E-state index in [2.05, 4.69) is 22.8 Å². The Morgan fingerprint density at radius 1 is 0.964 bits per heavy atom. The van der Waals surface area contributed by atoms with E-state index in [0.29, 0.717) is 16.4 Å². The van der Waals surface area contributed by atoms with Gasteiger partial charge in [-0.3, -0.25) is 9.59 Å². The van der Waals surface area contributed by atoms with Crippen LogP contribution in [0.15, 0.2) is 59.2 Å². The van der Waals surface area contributed by atoms with Crippen molar-refractivity contribution in [3.63, 3.8) is 0 Å². The van der Waals surface area contributed by atoms with E-state index in [-0.39, 0.29) is 18.1 Å². The summed E-state index contributed by atoms with van der Waals surface area (Å²) < 4.78 is 5.10. The molecule has 2 amide bonds. The van der Waals surface area contributed by atoms with Crippen LogP contribution in [0, 0.1) is 0 Å². The van der Waals surface area contributed by atoms with Gasteiger partial charge in [-0.15, -0.1) is 0 Å². The topological polar surface area (TPSA) is 71.3 Å². The van der Waals surface area contributed by atoms with Gasteiger partial charge in [0.2, 0.25) is 5.91 Å². The van der Waals surface area contributed by atoms with Gasteiger partial charge in [0.1, 0.15) is 0 Å². The highest BCUT2D eigenvalue weighted by Gasteiger charge is 2.15.